The summed E-state index contributed by atoms with van der Waals surface area (Å²) in [6.45, 7) is 4.56. The van der Waals surface area contributed by atoms with Gasteiger partial charge in [0.2, 0.25) is 5.91 Å². The van der Waals surface area contributed by atoms with Crippen molar-refractivity contribution in [3.05, 3.63) is 32.1 Å². The van der Waals surface area contributed by atoms with Crippen LogP contribution in [-0.2, 0) is 20.6 Å². The number of alkyl halides is 3. The summed E-state index contributed by atoms with van der Waals surface area (Å²) in [6.07, 6.45) is -4.71. The molecule has 2 N–H and O–H groups in total. The number of hydrogen-bond donors (Lipinski definition) is 2. The number of aryl methyl sites for hydroxylation is 1. The minimum atomic E-state index is -4.71. The van der Waals surface area contributed by atoms with E-state index in [1.165, 1.54) is 48.7 Å². The number of nitrogens with one attached hydrogen (secondary N) is 1. The van der Waals surface area contributed by atoms with Gasteiger partial charge in [-0.1, -0.05) is 23.1 Å². The normalized spacial score (nSPS) is 20.8. The van der Waals surface area contributed by atoms with E-state index in [0.29, 0.717) is 21.4 Å². The number of carboxylic acid groups (broad SMARTS) is 1. The van der Waals surface area contributed by atoms with Crippen LogP contribution in [0.5, 0.6) is 0 Å². The number of carbonyl (C=O) groups is 3. The van der Waals surface area contributed by atoms with Gasteiger partial charge in [0.25, 0.3) is 5.91 Å². The topological polar surface area (TPSA) is 130 Å². The van der Waals surface area contributed by atoms with Crippen LogP contribution in [0.2, 0.25) is 0 Å². The van der Waals surface area contributed by atoms with Gasteiger partial charge in [-0.05, 0) is 42.3 Å². The molecule has 36 heavy (non-hydrogen) atoms. The van der Waals surface area contributed by atoms with Gasteiger partial charge in [0.1, 0.15) is 28.2 Å². The van der Waals surface area contributed by atoms with Crippen molar-refractivity contribution in [2.45, 2.75) is 48.7 Å². The lowest BCUT2D eigenvalue weighted by Crippen LogP contribution is -2.71. The molecule has 3 atom stereocenters. The largest absolute Gasteiger partial charge is 0.477 e. The van der Waals surface area contributed by atoms with Gasteiger partial charge in [-0.15, -0.1) is 22.0 Å². The van der Waals surface area contributed by atoms with E-state index in [1.807, 2.05) is 0 Å². The van der Waals surface area contributed by atoms with Gasteiger partial charge in [-0.2, -0.15) is 18.3 Å². The summed E-state index contributed by atoms with van der Waals surface area (Å²) in [5.74, 6) is -1.94. The summed E-state index contributed by atoms with van der Waals surface area (Å²) >= 11 is 6.88. The van der Waals surface area contributed by atoms with Crippen LogP contribution < -0.4 is 5.32 Å². The number of carbonyl (C=O) groups excluding carboxylic acids is 2. The first-order chi connectivity index (χ1) is 16.8. The Labute approximate surface area is 223 Å². The van der Waals surface area contributed by atoms with Gasteiger partial charge in [0, 0.05) is 11.5 Å². The Kier molecular flexibility index (Phi) is 7.47. The molecule has 0 aromatic carbocycles. The Morgan fingerprint density at radius 2 is 2.03 bits per heavy atom. The zero-order chi connectivity index (χ0) is 26.5. The van der Waals surface area contributed by atoms with E-state index in [4.69, 9.17) is 0 Å². The van der Waals surface area contributed by atoms with Gasteiger partial charge in [-0.25, -0.2) is 4.79 Å². The van der Waals surface area contributed by atoms with Gasteiger partial charge in [-0.3, -0.25) is 19.2 Å². The molecule has 2 aromatic rings. The lowest BCUT2D eigenvalue weighted by atomic mass is 10.0. The first kappa shape index (κ1) is 26.9. The van der Waals surface area contributed by atoms with Crippen molar-refractivity contribution >= 4 is 68.6 Å². The molecule has 2 aromatic heterocycles. The fourth-order valence-electron chi connectivity index (χ4n) is 3.72. The van der Waals surface area contributed by atoms with Crippen molar-refractivity contribution in [3.63, 3.8) is 0 Å². The van der Waals surface area contributed by atoms with Crippen molar-refractivity contribution in [1.29, 1.82) is 0 Å². The molecule has 0 radical (unpaired) electrons. The molecule has 4 rings (SSSR count). The molecular weight excluding hydrogens is 609 g/mol. The van der Waals surface area contributed by atoms with Gasteiger partial charge in [0.15, 0.2) is 10.0 Å². The molecule has 0 spiro atoms. The number of amides is 2. The highest BCUT2D eigenvalue weighted by Gasteiger charge is 2.54. The Balaban J connectivity index is 1.47. The predicted molar refractivity (Wildman–Crippen MR) is 129 cm³/mol. The second-order valence-corrected chi connectivity index (χ2v) is 12.2. The number of aliphatic carboxylic acids is 1. The standard InChI is InChI=1S/C19H18BrF3N6O4S3/c1-6-10(20)13(19(21,22)23)27-29(6)7(2)14(30)24-11-15(31)28-12(17(32)33)9(4-34-16(11)28)5-35-18-26-25-8(3)36-18/h7,11,16H,4-5H2,1-3H3,(H,24,30)(H,32,33)/t7-,11-,16-/m1/s1. The molecule has 194 valence electrons. The number of carboxylic acids is 1. The molecular formula is C19H18BrF3N6O4S3. The monoisotopic (exact) mass is 626 g/mol. The Morgan fingerprint density at radius 3 is 2.58 bits per heavy atom. The number of rotatable bonds is 7. The molecule has 2 aliphatic rings. The third-order valence-corrected chi connectivity index (χ3v) is 9.86. The van der Waals surface area contributed by atoms with Crippen molar-refractivity contribution in [1.82, 2.24) is 30.2 Å². The minimum absolute atomic E-state index is 0.0995. The predicted octanol–water partition coefficient (Wildman–Crippen LogP) is 3.22. The van der Waals surface area contributed by atoms with Crippen LogP contribution in [0.4, 0.5) is 13.2 Å². The third-order valence-electron chi connectivity index (χ3n) is 5.52. The van der Waals surface area contributed by atoms with Crippen LogP contribution in [0.1, 0.15) is 29.4 Å². The maximum atomic E-state index is 13.2. The molecule has 0 bridgehead atoms. The maximum absolute atomic E-state index is 13.2. The summed E-state index contributed by atoms with van der Waals surface area (Å²) < 4.78 is 40.9. The summed E-state index contributed by atoms with van der Waals surface area (Å²) in [6, 6.07) is -2.16. The molecule has 2 amide bonds. The average molecular weight is 627 g/mol. The zero-order valence-corrected chi connectivity index (χ0v) is 22.8. The lowest BCUT2D eigenvalue weighted by molar-refractivity contribution is -0.151. The smallest absolute Gasteiger partial charge is 0.436 e. The van der Waals surface area contributed by atoms with Crippen LogP contribution in [0.15, 0.2) is 20.1 Å². The molecule has 0 saturated carbocycles. The molecule has 10 nitrogen and oxygen atoms in total. The number of fused-ring (bicyclic) bond motifs is 1. The molecule has 2 aliphatic heterocycles. The number of thioether (sulfide) groups is 2. The van der Waals surface area contributed by atoms with Crippen LogP contribution in [0.3, 0.4) is 0 Å². The molecule has 0 unspecified atom stereocenters. The zero-order valence-electron chi connectivity index (χ0n) is 18.8. The quantitative estimate of drug-likeness (QED) is 0.351. The Bertz CT molecular complexity index is 1280. The van der Waals surface area contributed by atoms with Crippen molar-refractivity contribution in [2.24, 2.45) is 0 Å². The summed E-state index contributed by atoms with van der Waals surface area (Å²) in [4.78, 5) is 38.9. The van der Waals surface area contributed by atoms with Crippen molar-refractivity contribution < 1.29 is 32.7 Å². The fraction of sp³-hybridized carbons (Fsp3) is 0.474. The van der Waals surface area contributed by atoms with Crippen LogP contribution in [-0.4, -0.2) is 70.7 Å². The summed E-state index contributed by atoms with van der Waals surface area (Å²) in [7, 11) is 0. The summed E-state index contributed by atoms with van der Waals surface area (Å²) in [5.41, 5.74) is -0.636. The average Bonchev–Trinajstić information content (AvgIpc) is 3.36. The molecule has 4 heterocycles. The highest BCUT2D eigenvalue weighted by atomic mass is 79.9. The Morgan fingerprint density at radius 1 is 1.33 bits per heavy atom. The van der Waals surface area contributed by atoms with Crippen molar-refractivity contribution in [3.8, 4) is 0 Å². The number of nitrogens with zero attached hydrogens (tertiary/aromatic N) is 5. The summed E-state index contributed by atoms with van der Waals surface area (Å²) in [5, 5.41) is 23.9. The van der Waals surface area contributed by atoms with E-state index in [9.17, 15) is 32.7 Å². The lowest BCUT2D eigenvalue weighted by Gasteiger charge is -2.49. The second-order valence-electron chi connectivity index (χ2n) is 7.90. The molecule has 17 heteroatoms. The first-order valence-electron chi connectivity index (χ1n) is 10.3. The van der Waals surface area contributed by atoms with Gasteiger partial charge < -0.3 is 10.4 Å². The highest BCUT2D eigenvalue weighted by Crippen LogP contribution is 2.42. The van der Waals surface area contributed by atoms with E-state index in [-0.39, 0.29) is 15.9 Å². The molecule has 1 fully saturated rings. The van der Waals surface area contributed by atoms with E-state index >= 15 is 0 Å². The van der Waals surface area contributed by atoms with E-state index in [2.05, 4.69) is 36.5 Å². The molecule has 0 aliphatic carbocycles. The van der Waals surface area contributed by atoms with Gasteiger partial charge in [0.05, 0.1) is 10.2 Å². The first-order valence-corrected chi connectivity index (χ1v) is 13.9. The van der Waals surface area contributed by atoms with E-state index in [0.717, 1.165) is 14.6 Å². The number of halogens is 4. The van der Waals surface area contributed by atoms with Gasteiger partial charge >= 0.3 is 12.1 Å². The fourth-order valence-corrected chi connectivity index (χ4v) is 7.51. The van der Waals surface area contributed by atoms with E-state index in [1.54, 1.807) is 6.92 Å². The highest BCUT2D eigenvalue weighted by molar-refractivity contribution is 9.10. The SMILES string of the molecule is Cc1nnc(SCC2=C(C(=O)O)N3C(=O)[C@@H](NC(=O)[C@@H](C)n4nc(C(F)(F)F)c(Br)c4C)[C@H]3SC2)s1. The Hall–Kier alpha value is -2.11. The molecule has 1 saturated heterocycles. The van der Waals surface area contributed by atoms with E-state index < -0.39 is 47.1 Å². The minimum Gasteiger partial charge on any atom is -0.477 e. The number of hydrogen-bond acceptors (Lipinski definition) is 9. The maximum Gasteiger partial charge on any atom is 0.436 e. The van der Waals surface area contributed by atoms with Crippen LogP contribution >= 0.6 is 50.8 Å². The van der Waals surface area contributed by atoms with Crippen molar-refractivity contribution in [2.75, 3.05) is 11.5 Å². The number of β-lactam (4-membered cyclic amide) rings is 1. The van der Waals surface area contributed by atoms with Crippen LogP contribution in [0, 0.1) is 13.8 Å². The number of aromatic nitrogens is 4. The third kappa shape index (κ3) is 4.89. The second kappa shape index (κ2) is 9.98. The van der Waals surface area contributed by atoms with Crippen LogP contribution in [0.25, 0.3) is 0 Å².